The van der Waals surface area contributed by atoms with Crippen LogP contribution in [0.4, 0.5) is 0 Å². The monoisotopic (exact) mass is 689 g/mol. The minimum absolute atomic E-state index is 0.618. The van der Waals surface area contributed by atoms with Crippen LogP contribution in [0.1, 0.15) is 5.56 Å². The van der Waals surface area contributed by atoms with Crippen LogP contribution in [0.15, 0.2) is 173 Å². The van der Waals surface area contributed by atoms with E-state index in [9.17, 15) is 5.26 Å². The third kappa shape index (κ3) is 3.97. The van der Waals surface area contributed by atoms with Gasteiger partial charge in [-0.15, -0.1) is 0 Å². The van der Waals surface area contributed by atoms with Crippen LogP contribution in [0, 0.1) is 11.3 Å². The number of furan rings is 2. The molecule has 0 N–H and O–H groups in total. The van der Waals surface area contributed by atoms with E-state index in [0.717, 1.165) is 105 Å². The Morgan fingerprint density at radius 1 is 0.370 bits per heavy atom. The molecule has 0 atom stereocenters. The number of rotatable bonds is 3. The van der Waals surface area contributed by atoms with Crippen LogP contribution < -0.4 is 0 Å². The first kappa shape index (κ1) is 29.1. The van der Waals surface area contributed by atoms with Crippen LogP contribution in [-0.2, 0) is 0 Å². The van der Waals surface area contributed by atoms with Gasteiger partial charge in [-0.05, 0) is 83.9 Å². The molecular weight excluding hydrogens is 663 g/mol. The van der Waals surface area contributed by atoms with Crippen molar-refractivity contribution in [3.05, 3.63) is 169 Å². The molecule has 0 saturated heterocycles. The predicted octanol–water partition coefficient (Wildman–Crippen LogP) is 13.2. The number of hydrogen-bond acceptors (Lipinski definition) is 3. The van der Waals surface area contributed by atoms with Crippen molar-refractivity contribution in [2.24, 2.45) is 0 Å². The zero-order valence-electron chi connectivity index (χ0n) is 28.7. The fourth-order valence-electron chi connectivity index (χ4n) is 8.74. The zero-order chi connectivity index (χ0) is 35.5. The van der Waals surface area contributed by atoms with Gasteiger partial charge in [-0.1, -0.05) is 91.0 Å². The molecule has 0 radical (unpaired) electrons. The van der Waals surface area contributed by atoms with E-state index >= 15 is 0 Å². The van der Waals surface area contributed by atoms with Gasteiger partial charge in [-0.3, -0.25) is 0 Å². The number of para-hydroxylation sites is 4. The highest BCUT2D eigenvalue weighted by Gasteiger charge is 2.19. The Labute approximate surface area is 307 Å². The lowest BCUT2D eigenvalue weighted by molar-refractivity contribution is 0.669. The highest BCUT2D eigenvalue weighted by atomic mass is 16.3. The highest BCUT2D eigenvalue weighted by Crippen LogP contribution is 2.41. The van der Waals surface area contributed by atoms with E-state index in [1.165, 1.54) is 5.39 Å². The van der Waals surface area contributed by atoms with Crippen molar-refractivity contribution in [3.63, 3.8) is 0 Å². The van der Waals surface area contributed by atoms with Crippen LogP contribution in [0.2, 0.25) is 0 Å². The molecule has 12 rings (SSSR count). The Morgan fingerprint density at radius 2 is 0.852 bits per heavy atom. The summed E-state index contributed by atoms with van der Waals surface area (Å²) in [6.45, 7) is 0. The first-order valence-corrected chi connectivity index (χ1v) is 18.1. The number of benzene rings is 8. The minimum Gasteiger partial charge on any atom is -0.456 e. The molecule has 54 heavy (non-hydrogen) atoms. The van der Waals surface area contributed by atoms with E-state index < -0.39 is 0 Å². The summed E-state index contributed by atoms with van der Waals surface area (Å²) in [5.74, 6) is 0. The van der Waals surface area contributed by atoms with E-state index in [1.54, 1.807) is 0 Å². The Hall–Kier alpha value is -7.55. The smallest absolute Gasteiger partial charge is 0.136 e. The van der Waals surface area contributed by atoms with Crippen LogP contribution in [0.25, 0.3) is 110 Å². The molecular formula is C49H27N3O2. The van der Waals surface area contributed by atoms with Gasteiger partial charge in [0.05, 0.1) is 33.7 Å². The van der Waals surface area contributed by atoms with Gasteiger partial charge in [-0.25, -0.2) is 0 Å². The van der Waals surface area contributed by atoms with Gasteiger partial charge in [0.1, 0.15) is 22.3 Å². The maximum atomic E-state index is 10.6. The normalized spacial score (nSPS) is 12.1. The lowest BCUT2D eigenvalue weighted by atomic mass is 9.99. The van der Waals surface area contributed by atoms with Crippen molar-refractivity contribution in [3.8, 4) is 28.6 Å². The third-order valence-electron chi connectivity index (χ3n) is 11.2. The molecule has 4 aromatic heterocycles. The number of fused-ring (bicyclic) bond motifs is 12. The summed E-state index contributed by atoms with van der Waals surface area (Å²) in [7, 11) is 0. The van der Waals surface area contributed by atoms with Gasteiger partial charge in [0.25, 0.3) is 0 Å². The van der Waals surface area contributed by atoms with Gasteiger partial charge in [0, 0.05) is 54.5 Å². The van der Waals surface area contributed by atoms with Crippen LogP contribution in [0.3, 0.4) is 0 Å². The number of nitriles is 1. The lowest BCUT2D eigenvalue weighted by Crippen LogP contribution is -1.97. The first-order valence-electron chi connectivity index (χ1n) is 18.1. The summed E-state index contributed by atoms with van der Waals surface area (Å²) in [5, 5.41) is 19.5. The molecule has 8 aromatic carbocycles. The molecule has 0 aliphatic carbocycles. The molecule has 0 amide bonds. The molecule has 0 spiro atoms. The summed E-state index contributed by atoms with van der Waals surface area (Å²) in [6.07, 6.45) is 0. The second-order valence-electron chi connectivity index (χ2n) is 14.0. The molecule has 12 aromatic rings. The maximum Gasteiger partial charge on any atom is 0.136 e. The number of nitrogens with zero attached hydrogens (tertiary/aromatic N) is 3. The van der Waals surface area contributed by atoms with Gasteiger partial charge in [0.15, 0.2) is 0 Å². The number of aromatic nitrogens is 2. The lowest BCUT2D eigenvalue weighted by Gasteiger charge is -2.13. The molecule has 4 heterocycles. The second-order valence-corrected chi connectivity index (χ2v) is 14.0. The standard InChI is InChI=1S/C49H27N3O2/c50-28-30-23-32(52-43-14-6-2-10-35(43)39-27-49-41(25-45(39)52)37-12-4-8-16-47(37)54-49)21-22-33(30)29-17-19-31(20-18-29)51-42-13-5-1-9-34(42)38-26-48-40(24-44(38)51)36-11-3-7-15-46(36)53-48/h1-27H. The van der Waals surface area contributed by atoms with Gasteiger partial charge in [-0.2, -0.15) is 5.26 Å². The van der Waals surface area contributed by atoms with Crippen LogP contribution in [0.5, 0.6) is 0 Å². The van der Waals surface area contributed by atoms with E-state index in [2.05, 4.69) is 143 Å². The summed E-state index contributed by atoms with van der Waals surface area (Å²) in [4.78, 5) is 0. The second kappa shape index (κ2) is 10.7. The Bertz CT molecular complexity index is 3570. The summed E-state index contributed by atoms with van der Waals surface area (Å²) in [6, 6.07) is 59.4. The van der Waals surface area contributed by atoms with Crippen molar-refractivity contribution in [2.75, 3.05) is 0 Å². The Morgan fingerprint density at radius 3 is 1.41 bits per heavy atom. The van der Waals surface area contributed by atoms with E-state index in [4.69, 9.17) is 8.83 Å². The highest BCUT2D eigenvalue weighted by molar-refractivity contribution is 6.18. The molecule has 0 unspecified atom stereocenters. The summed E-state index contributed by atoms with van der Waals surface area (Å²) in [5.41, 5.74) is 12.4. The zero-order valence-corrected chi connectivity index (χ0v) is 28.7. The van der Waals surface area contributed by atoms with Gasteiger partial charge < -0.3 is 18.0 Å². The first-order chi connectivity index (χ1) is 26.7. The topological polar surface area (TPSA) is 59.9 Å². The van der Waals surface area contributed by atoms with Crippen molar-refractivity contribution in [1.29, 1.82) is 5.26 Å². The Kier molecular flexibility index (Phi) is 5.78. The quantitative estimate of drug-likeness (QED) is 0.185. The summed E-state index contributed by atoms with van der Waals surface area (Å²) < 4.78 is 17.1. The SMILES string of the molecule is N#Cc1cc(-n2c3ccccc3c3cc4oc5ccccc5c4cc32)ccc1-c1ccc(-n2c3ccccc3c3cc4oc5ccccc5c4cc32)cc1. The fourth-order valence-corrected chi connectivity index (χ4v) is 8.74. The van der Waals surface area contributed by atoms with Gasteiger partial charge in [0.2, 0.25) is 0 Å². The molecule has 0 fully saturated rings. The predicted molar refractivity (Wildman–Crippen MR) is 220 cm³/mol. The van der Waals surface area contributed by atoms with Crippen molar-refractivity contribution < 1.29 is 8.83 Å². The molecule has 0 aliphatic heterocycles. The molecule has 0 saturated carbocycles. The van der Waals surface area contributed by atoms with Gasteiger partial charge >= 0.3 is 0 Å². The fraction of sp³-hybridized carbons (Fsp3) is 0. The largest absolute Gasteiger partial charge is 0.456 e. The van der Waals surface area contributed by atoms with Crippen molar-refractivity contribution in [2.45, 2.75) is 0 Å². The van der Waals surface area contributed by atoms with E-state index in [1.807, 2.05) is 36.4 Å². The molecule has 0 aliphatic rings. The molecule has 0 bridgehead atoms. The van der Waals surface area contributed by atoms with Crippen molar-refractivity contribution >= 4 is 87.5 Å². The van der Waals surface area contributed by atoms with Crippen molar-refractivity contribution in [1.82, 2.24) is 9.13 Å². The molecule has 250 valence electrons. The maximum absolute atomic E-state index is 10.6. The van der Waals surface area contributed by atoms with E-state index in [-0.39, 0.29) is 0 Å². The third-order valence-corrected chi connectivity index (χ3v) is 11.2. The molecule has 5 heteroatoms. The average Bonchev–Trinajstić information content (AvgIpc) is 3.96. The molecule has 5 nitrogen and oxygen atoms in total. The van der Waals surface area contributed by atoms with Crippen LogP contribution >= 0.6 is 0 Å². The van der Waals surface area contributed by atoms with E-state index in [0.29, 0.717) is 5.56 Å². The minimum atomic E-state index is 0.618. The Balaban J connectivity index is 0.998. The van der Waals surface area contributed by atoms with Crippen LogP contribution in [-0.4, -0.2) is 9.13 Å². The average molecular weight is 690 g/mol. The number of hydrogen-bond donors (Lipinski definition) is 0. The summed E-state index contributed by atoms with van der Waals surface area (Å²) >= 11 is 0.